The summed E-state index contributed by atoms with van der Waals surface area (Å²) in [6.07, 6.45) is 5.78. The zero-order valence-corrected chi connectivity index (χ0v) is 19.0. The number of aryl methyl sites for hydroxylation is 1. The highest BCUT2D eigenvalue weighted by atomic mass is 19.1. The Morgan fingerprint density at radius 1 is 1.12 bits per heavy atom. The minimum atomic E-state index is -1.05. The highest BCUT2D eigenvalue weighted by Gasteiger charge is 2.56. The summed E-state index contributed by atoms with van der Waals surface area (Å²) >= 11 is 0. The lowest BCUT2D eigenvalue weighted by Gasteiger charge is -2.47. The monoisotopic (exact) mass is 455 g/mol. The molecule has 10 heteroatoms. The number of halogens is 2. The summed E-state index contributed by atoms with van der Waals surface area (Å²) < 4.78 is 30.2. The van der Waals surface area contributed by atoms with Gasteiger partial charge in [-0.1, -0.05) is 0 Å². The number of phenols is 1. The van der Waals surface area contributed by atoms with Crippen LogP contribution in [0.2, 0.25) is 0 Å². The van der Waals surface area contributed by atoms with Crippen molar-refractivity contribution in [2.45, 2.75) is 56.4 Å². The van der Waals surface area contributed by atoms with Crippen molar-refractivity contribution in [2.75, 3.05) is 11.9 Å². The van der Waals surface area contributed by atoms with Crippen LogP contribution in [0.4, 0.5) is 14.6 Å². The first-order chi connectivity index (χ1) is 15.6. The first-order valence-electron chi connectivity index (χ1n) is 11.0. The van der Waals surface area contributed by atoms with E-state index in [1.54, 1.807) is 7.05 Å². The van der Waals surface area contributed by atoms with Gasteiger partial charge in [0.15, 0.2) is 0 Å². The Morgan fingerprint density at radius 2 is 1.91 bits per heavy atom. The molecule has 3 aromatic rings. The van der Waals surface area contributed by atoms with Crippen molar-refractivity contribution in [3.05, 3.63) is 36.5 Å². The number of anilines is 1. The van der Waals surface area contributed by atoms with Gasteiger partial charge in [-0.3, -0.25) is 4.98 Å². The summed E-state index contributed by atoms with van der Waals surface area (Å²) in [4.78, 5) is 12.0. The molecule has 4 heterocycles. The molecule has 2 aliphatic rings. The van der Waals surface area contributed by atoms with Crippen LogP contribution in [0.5, 0.6) is 5.75 Å². The van der Waals surface area contributed by atoms with Crippen molar-refractivity contribution >= 4 is 5.82 Å². The molecule has 2 N–H and O–H groups in total. The average molecular weight is 456 g/mol. The molecule has 2 bridgehead atoms. The Labute approximate surface area is 190 Å². The summed E-state index contributed by atoms with van der Waals surface area (Å²) in [7, 11) is 3.45. The molecule has 174 valence electrons. The Bertz CT molecular complexity index is 1200. The lowest BCUT2D eigenvalue weighted by atomic mass is 9.82. The molecule has 0 amide bonds. The number of nitrogens with zero attached hydrogens (tertiary/aromatic N) is 6. The summed E-state index contributed by atoms with van der Waals surface area (Å²) in [5.41, 5.74) is 0.343. The van der Waals surface area contributed by atoms with Crippen LogP contribution in [0.25, 0.3) is 22.5 Å². The summed E-state index contributed by atoms with van der Waals surface area (Å²) in [5.74, 6) is -0.179. The molecular formula is C23H27F2N7O. The number of hydrogen-bond acceptors (Lipinski definition) is 7. The maximum atomic E-state index is 15.4. The van der Waals surface area contributed by atoms with E-state index in [0.717, 1.165) is 12.8 Å². The van der Waals surface area contributed by atoms with Crippen LogP contribution in [0.1, 0.15) is 33.1 Å². The van der Waals surface area contributed by atoms with Crippen LogP contribution in [0.15, 0.2) is 30.7 Å². The van der Waals surface area contributed by atoms with Gasteiger partial charge in [0.05, 0.1) is 30.3 Å². The lowest BCUT2D eigenvalue weighted by molar-refractivity contribution is 0.0859. The van der Waals surface area contributed by atoms with Gasteiger partial charge in [0.1, 0.15) is 29.3 Å². The number of aromatic nitrogens is 5. The van der Waals surface area contributed by atoms with Gasteiger partial charge in [-0.15, -0.1) is 0 Å². The predicted molar refractivity (Wildman–Crippen MR) is 120 cm³/mol. The van der Waals surface area contributed by atoms with Crippen molar-refractivity contribution in [3.8, 4) is 28.3 Å². The van der Waals surface area contributed by atoms with Gasteiger partial charge < -0.3 is 15.3 Å². The van der Waals surface area contributed by atoms with Crippen LogP contribution < -0.4 is 10.2 Å². The maximum absolute atomic E-state index is 15.4. The number of fused-ring (bicyclic) bond motifs is 2. The molecule has 0 saturated carbocycles. The van der Waals surface area contributed by atoms with E-state index in [2.05, 4.69) is 32.4 Å². The number of aromatic hydroxyl groups is 1. The second-order valence-electron chi connectivity index (χ2n) is 9.72. The van der Waals surface area contributed by atoms with Crippen molar-refractivity contribution in [1.82, 2.24) is 30.3 Å². The third-order valence-electron chi connectivity index (χ3n) is 7.12. The highest BCUT2D eigenvalue weighted by molar-refractivity contribution is 5.73. The van der Waals surface area contributed by atoms with E-state index >= 15 is 4.39 Å². The van der Waals surface area contributed by atoms with Crippen LogP contribution in [0, 0.1) is 5.82 Å². The molecule has 2 fully saturated rings. The highest BCUT2D eigenvalue weighted by Crippen LogP contribution is 2.45. The number of hydrogen-bond donors (Lipinski definition) is 2. The Morgan fingerprint density at radius 3 is 2.58 bits per heavy atom. The average Bonchev–Trinajstić information content (AvgIpc) is 3.33. The number of nitrogens with one attached hydrogen (secondary N) is 1. The fourth-order valence-electron chi connectivity index (χ4n) is 5.28. The minimum Gasteiger partial charge on any atom is -0.507 e. The van der Waals surface area contributed by atoms with Crippen LogP contribution in [-0.4, -0.2) is 60.4 Å². The summed E-state index contributed by atoms with van der Waals surface area (Å²) in [6, 6.07) is 2.17. The largest absolute Gasteiger partial charge is 0.507 e. The summed E-state index contributed by atoms with van der Waals surface area (Å²) in [5, 5.41) is 22.0. The second-order valence-corrected chi connectivity index (χ2v) is 9.72. The third-order valence-corrected chi connectivity index (χ3v) is 7.12. The molecular weight excluding hydrogens is 428 g/mol. The van der Waals surface area contributed by atoms with Gasteiger partial charge in [-0.25, -0.2) is 13.8 Å². The topological polar surface area (TPSA) is 92.0 Å². The molecule has 0 spiro atoms. The predicted octanol–water partition coefficient (Wildman–Crippen LogP) is 3.23. The van der Waals surface area contributed by atoms with E-state index in [1.165, 1.54) is 35.5 Å². The zero-order valence-electron chi connectivity index (χ0n) is 19.0. The van der Waals surface area contributed by atoms with Gasteiger partial charge in [-0.2, -0.15) is 15.0 Å². The number of rotatable bonds is 4. The second kappa shape index (κ2) is 7.44. The van der Waals surface area contributed by atoms with Crippen LogP contribution in [-0.2, 0) is 7.05 Å². The number of piperidine rings is 1. The molecule has 1 aromatic carbocycles. The molecule has 0 aliphatic carbocycles. The smallest absolute Gasteiger partial charge is 0.147 e. The first-order valence-corrected chi connectivity index (χ1v) is 11.0. The maximum Gasteiger partial charge on any atom is 0.147 e. The fourth-order valence-corrected chi connectivity index (χ4v) is 5.28. The molecule has 2 saturated heterocycles. The van der Waals surface area contributed by atoms with E-state index in [-0.39, 0.29) is 28.5 Å². The summed E-state index contributed by atoms with van der Waals surface area (Å²) in [6.45, 7) is 4.08. The van der Waals surface area contributed by atoms with Crippen LogP contribution >= 0.6 is 0 Å². The third kappa shape index (κ3) is 3.62. The molecule has 5 rings (SSSR count). The van der Waals surface area contributed by atoms with Gasteiger partial charge >= 0.3 is 0 Å². The molecule has 0 unspecified atom stereocenters. The van der Waals surface area contributed by atoms with E-state index in [0.29, 0.717) is 23.6 Å². The Kier molecular flexibility index (Phi) is 4.89. The number of alkyl halides is 1. The van der Waals surface area contributed by atoms with Crippen LogP contribution in [0.3, 0.4) is 0 Å². The molecule has 2 aliphatic heterocycles. The SMILES string of the molecule is CN(c1cnc(-c2cc(F)c(-c3cnn(C)n3)cc2O)cn1)[C@H]1C[C@]2(C)CC[C@@](C)(N2)[C@H]1F. The molecule has 4 atom stereocenters. The first kappa shape index (κ1) is 21.7. The van der Waals surface area contributed by atoms with Gasteiger partial charge in [0, 0.05) is 36.3 Å². The quantitative estimate of drug-likeness (QED) is 0.624. The normalized spacial score (nSPS) is 28.8. The van der Waals surface area contributed by atoms with Gasteiger partial charge in [0.25, 0.3) is 0 Å². The molecule has 8 nitrogen and oxygen atoms in total. The van der Waals surface area contributed by atoms with Crippen molar-refractivity contribution < 1.29 is 13.9 Å². The Hall–Kier alpha value is -3.14. The standard InChI is InChI=1S/C23H27F2N7O/c1-22-5-6-23(2,30-22)21(25)18(9-22)31(3)20-12-26-16(10-27-20)14-7-15(24)13(8-19(14)33)17-11-28-32(4)29-17/h7-8,10-12,18,21,30,33H,5-6,9H2,1-4H3/t18-,21-,22-,23+/m0/s1. The van der Waals surface area contributed by atoms with Gasteiger partial charge in [-0.05, 0) is 45.2 Å². The Balaban J connectivity index is 1.40. The lowest BCUT2D eigenvalue weighted by Crippen LogP contribution is -2.65. The van der Waals surface area contributed by atoms with Crippen molar-refractivity contribution in [2.24, 2.45) is 7.05 Å². The number of phenolic OH excluding ortho intramolecular Hbond substituents is 1. The van der Waals surface area contributed by atoms with E-state index < -0.39 is 17.5 Å². The minimum absolute atomic E-state index is 0.0994. The van der Waals surface area contributed by atoms with Gasteiger partial charge in [0.2, 0.25) is 0 Å². The molecule has 33 heavy (non-hydrogen) atoms. The molecule has 0 radical (unpaired) electrons. The van der Waals surface area contributed by atoms with Crippen molar-refractivity contribution in [3.63, 3.8) is 0 Å². The molecule has 2 aromatic heterocycles. The van der Waals surface area contributed by atoms with Crippen molar-refractivity contribution in [1.29, 1.82) is 0 Å². The fraction of sp³-hybridized carbons (Fsp3) is 0.478. The van der Waals surface area contributed by atoms with E-state index in [9.17, 15) is 9.50 Å². The van der Waals surface area contributed by atoms with E-state index in [4.69, 9.17) is 0 Å². The zero-order chi connectivity index (χ0) is 23.5. The van der Waals surface area contributed by atoms with E-state index in [1.807, 2.05) is 18.9 Å². The number of benzene rings is 1.